The van der Waals surface area contributed by atoms with Gasteiger partial charge in [0.1, 0.15) is 0 Å². The average molecular weight is 336 g/mol. The molecule has 19 heavy (non-hydrogen) atoms. The van der Waals surface area contributed by atoms with Crippen molar-refractivity contribution < 1.29 is 0 Å². The standard InChI is InChI=1S/C16H18BrNS/c17-16-7-6-13(12-4-2-1-3-5-12)8-14(16)9-15-10-18-11-19-15/h1-5,10-11,13-14,16H,6-9H2. The molecular weight excluding hydrogens is 318 g/mol. The Hall–Kier alpha value is -0.670. The molecule has 1 nitrogen and oxygen atoms in total. The molecule has 3 unspecified atom stereocenters. The van der Waals surface area contributed by atoms with Gasteiger partial charge in [-0.05, 0) is 43.1 Å². The fourth-order valence-corrected chi connectivity index (χ4v) is 4.42. The SMILES string of the molecule is BrC1CCC(c2ccccc2)CC1Cc1cncs1. The van der Waals surface area contributed by atoms with Gasteiger partial charge in [0.2, 0.25) is 0 Å². The second kappa shape index (κ2) is 6.19. The van der Waals surface area contributed by atoms with Crippen molar-refractivity contribution in [2.45, 2.75) is 36.4 Å². The predicted octanol–water partition coefficient (Wildman–Crippen LogP) is 5.03. The largest absolute Gasteiger partial charge is 0.253 e. The molecule has 3 rings (SSSR count). The van der Waals surface area contributed by atoms with Crippen molar-refractivity contribution in [2.75, 3.05) is 0 Å². The number of benzene rings is 1. The van der Waals surface area contributed by atoms with Crippen LogP contribution in [0, 0.1) is 5.92 Å². The molecule has 3 heteroatoms. The summed E-state index contributed by atoms with van der Waals surface area (Å²) in [4.78, 5) is 6.27. The Labute approximate surface area is 127 Å². The summed E-state index contributed by atoms with van der Waals surface area (Å²) < 4.78 is 0. The third-order valence-electron chi connectivity index (χ3n) is 4.11. The lowest BCUT2D eigenvalue weighted by Gasteiger charge is -2.33. The van der Waals surface area contributed by atoms with Crippen LogP contribution in [0.1, 0.15) is 35.6 Å². The maximum Gasteiger partial charge on any atom is 0.0794 e. The number of aromatic nitrogens is 1. The fourth-order valence-electron chi connectivity index (χ4n) is 3.07. The van der Waals surface area contributed by atoms with Gasteiger partial charge in [0, 0.05) is 15.9 Å². The average Bonchev–Trinajstić information content (AvgIpc) is 2.95. The lowest BCUT2D eigenvalue weighted by atomic mass is 9.76. The number of thiazole rings is 1. The highest BCUT2D eigenvalue weighted by Gasteiger charge is 2.29. The van der Waals surface area contributed by atoms with E-state index in [4.69, 9.17) is 0 Å². The minimum absolute atomic E-state index is 0.662. The van der Waals surface area contributed by atoms with Gasteiger partial charge in [-0.15, -0.1) is 11.3 Å². The second-order valence-corrected chi connectivity index (χ2v) is 7.52. The van der Waals surface area contributed by atoms with Crippen LogP contribution in [0.3, 0.4) is 0 Å². The molecule has 1 saturated carbocycles. The molecule has 0 bridgehead atoms. The van der Waals surface area contributed by atoms with E-state index >= 15 is 0 Å². The number of hydrogen-bond acceptors (Lipinski definition) is 2. The van der Waals surface area contributed by atoms with E-state index in [1.807, 2.05) is 11.7 Å². The predicted molar refractivity (Wildman–Crippen MR) is 85.1 cm³/mol. The first kappa shape index (κ1) is 13.3. The van der Waals surface area contributed by atoms with Gasteiger partial charge in [-0.3, -0.25) is 4.98 Å². The first-order chi connectivity index (χ1) is 9.33. The smallest absolute Gasteiger partial charge is 0.0794 e. The first-order valence-corrected chi connectivity index (χ1v) is 8.69. The third-order valence-corrected chi connectivity index (χ3v) is 6.11. The Morgan fingerprint density at radius 3 is 2.79 bits per heavy atom. The molecule has 0 N–H and O–H groups in total. The van der Waals surface area contributed by atoms with Crippen molar-refractivity contribution >= 4 is 27.3 Å². The fraction of sp³-hybridized carbons (Fsp3) is 0.438. The number of rotatable bonds is 3. The molecule has 3 atom stereocenters. The zero-order valence-electron chi connectivity index (χ0n) is 10.8. The summed E-state index contributed by atoms with van der Waals surface area (Å²) in [5.74, 6) is 1.47. The molecule has 100 valence electrons. The molecule has 0 saturated heterocycles. The van der Waals surface area contributed by atoms with Crippen LogP contribution in [0.15, 0.2) is 42.0 Å². The number of hydrogen-bond donors (Lipinski definition) is 0. The molecule has 1 aliphatic rings. The highest BCUT2D eigenvalue weighted by molar-refractivity contribution is 9.09. The Kier molecular flexibility index (Phi) is 4.34. The van der Waals surface area contributed by atoms with Crippen molar-refractivity contribution in [3.63, 3.8) is 0 Å². The van der Waals surface area contributed by atoms with Crippen LogP contribution in [-0.2, 0) is 6.42 Å². The number of halogens is 1. The van der Waals surface area contributed by atoms with Crippen LogP contribution in [-0.4, -0.2) is 9.81 Å². The number of nitrogens with zero attached hydrogens (tertiary/aromatic N) is 1. The van der Waals surface area contributed by atoms with E-state index in [0.29, 0.717) is 4.83 Å². The van der Waals surface area contributed by atoms with Crippen molar-refractivity contribution in [1.82, 2.24) is 4.98 Å². The van der Waals surface area contributed by atoms with Gasteiger partial charge >= 0.3 is 0 Å². The lowest BCUT2D eigenvalue weighted by molar-refractivity contribution is 0.336. The molecule has 1 aromatic carbocycles. The summed E-state index contributed by atoms with van der Waals surface area (Å²) in [5, 5.41) is 0. The maximum atomic E-state index is 4.19. The van der Waals surface area contributed by atoms with Crippen LogP contribution in [0.2, 0.25) is 0 Å². The molecule has 0 amide bonds. The Morgan fingerprint density at radius 2 is 2.05 bits per heavy atom. The van der Waals surface area contributed by atoms with Gasteiger partial charge in [-0.25, -0.2) is 0 Å². The maximum absolute atomic E-state index is 4.19. The summed E-state index contributed by atoms with van der Waals surface area (Å²) >= 11 is 5.67. The molecule has 2 aromatic rings. The molecule has 0 aliphatic heterocycles. The Balaban J connectivity index is 1.70. The molecule has 0 radical (unpaired) electrons. The summed E-state index contributed by atoms with van der Waals surface area (Å²) in [7, 11) is 0. The van der Waals surface area contributed by atoms with Crippen molar-refractivity contribution in [3.8, 4) is 0 Å². The third kappa shape index (κ3) is 3.26. The lowest BCUT2D eigenvalue weighted by Crippen LogP contribution is -2.25. The van der Waals surface area contributed by atoms with Gasteiger partial charge < -0.3 is 0 Å². The van der Waals surface area contributed by atoms with E-state index < -0.39 is 0 Å². The molecule has 1 fully saturated rings. The summed E-state index contributed by atoms with van der Waals surface area (Å²) in [5.41, 5.74) is 3.45. The van der Waals surface area contributed by atoms with Crippen molar-refractivity contribution in [2.24, 2.45) is 5.92 Å². The second-order valence-electron chi connectivity index (χ2n) is 5.37. The minimum Gasteiger partial charge on any atom is -0.253 e. The van der Waals surface area contributed by atoms with E-state index in [1.54, 1.807) is 11.3 Å². The van der Waals surface area contributed by atoms with Gasteiger partial charge in [0.15, 0.2) is 0 Å². The normalized spacial score (nSPS) is 27.3. The Bertz CT molecular complexity index is 497. The minimum atomic E-state index is 0.662. The Morgan fingerprint density at radius 1 is 1.21 bits per heavy atom. The van der Waals surface area contributed by atoms with Gasteiger partial charge in [-0.1, -0.05) is 46.3 Å². The zero-order valence-corrected chi connectivity index (χ0v) is 13.2. The van der Waals surface area contributed by atoms with Gasteiger partial charge in [0.25, 0.3) is 0 Å². The number of alkyl halides is 1. The monoisotopic (exact) mass is 335 g/mol. The highest BCUT2D eigenvalue weighted by Crippen LogP contribution is 2.40. The summed E-state index contributed by atoms with van der Waals surface area (Å²) in [6.07, 6.45) is 7.07. The van der Waals surface area contributed by atoms with Crippen molar-refractivity contribution in [3.05, 3.63) is 52.5 Å². The van der Waals surface area contributed by atoms with E-state index in [9.17, 15) is 0 Å². The quantitative estimate of drug-likeness (QED) is 0.716. The molecule has 1 heterocycles. The van der Waals surface area contributed by atoms with Crippen molar-refractivity contribution in [1.29, 1.82) is 0 Å². The van der Waals surface area contributed by atoms with Crippen LogP contribution >= 0.6 is 27.3 Å². The molecular formula is C16H18BrNS. The molecule has 0 spiro atoms. The van der Waals surface area contributed by atoms with Gasteiger partial charge in [0.05, 0.1) is 5.51 Å². The van der Waals surface area contributed by atoms with Crippen LogP contribution in [0.5, 0.6) is 0 Å². The summed E-state index contributed by atoms with van der Waals surface area (Å²) in [6, 6.07) is 11.0. The van der Waals surface area contributed by atoms with E-state index in [0.717, 1.165) is 11.8 Å². The van der Waals surface area contributed by atoms with Gasteiger partial charge in [-0.2, -0.15) is 0 Å². The summed E-state index contributed by atoms with van der Waals surface area (Å²) in [6.45, 7) is 0. The topological polar surface area (TPSA) is 12.9 Å². The first-order valence-electron chi connectivity index (χ1n) is 6.89. The van der Waals surface area contributed by atoms with Crippen LogP contribution < -0.4 is 0 Å². The highest BCUT2D eigenvalue weighted by atomic mass is 79.9. The van der Waals surface area contributed by atoms with E-state index in [2.05, 4.69) is 51.2 Å². The van der Waals surface area contributed by atoms with E-state index in [-0.39, 0.29) is 0 Å². The van der Waals surface area contributed by atoms with E-state index in [1.165, 1.54) is 36.1 Å². The molecule has 1 aliphatic carbocycles. The zero-order chi connectivity index (χ0) is 13.1. The van der Waals surface area contributed by atoms with Crippen LogP contribution in [0.4, 0.5) is 0 Å². The molecule has 1 aromatic heterocycles. The van der Waals surface area contributed by atoms with Crippen LogP contribution in [0.25, 0.3) is 0 Å².